The lowest BCUT2D eigenvalue weighted by Gasteiger charge is -2.18. The van der Waals surface area contributed by atoms with E-state index in [0.29, 0.717) is 26.1 Å². The quantitative estimate of drug-likeness (QED) is 0.0348. The minimum absolute atomic E-state index is 0.0902. The van der Waals surface area contributed by atoms with Crippen molar-refractivity contribution in [3.63, 3.8) is 0 Å². The van der Waals surface area contributed by atoms with Gasteiger partial charge in [0.15, 0.2) is 6.10 Å². The lowest BCUT2D eigenvalue weighted by molar-refractivity contribution is -0.163. The van der Waals surface area contributed by atoms with E-state index >= 15 is 0 Å². The van der Waals surface area contributed by atoms with Crippen LogP contribution in [0.2, 0.25) is 0 Å². The van der Waals surface area contributed by atoms with Crippen LogP contribution in [-0.4, -0.2) is 37.9 Å². The summed E-state index contributed by atoms with van der Waals surface area (Å²) in [4.78, 5) is 25.4. The van der Waals surface area contributed by atoms with Gasteiger partial charge < -0.3 is 14.2 Å². The third-order valence-electron chi connectivity index (χ3n) is 11.8. The van der Waals surface area contributed by atoms with Crippen LogP contribution in [0.4, 0.5) is 0 Å². The van der Waals surface area contributed by atoms with Crippen molar-refractivity contribution in [2.75, 3.05) is 19.8 Å². The van der Waals surface area contributed by atoms with Crippen molar-refractivity contribution in [3.8, 4) is 0 Å². The van der Waals surface area contributed by atoms with E-state index in [1.807, 2.05) is 0 Å². The van der Waals surface area contributed by atoms with Crippen LogP contribution >= 0.6 is 0 Å². The predicted molar refractivity (Wildman–Crippen MR) is 252 cm³/mol. The van der Waals surface area contributed by atoms with E-state index in [4.69, 9.17) is 14.2 Å². The van der Waals surface area contributed by atoms with Gasteiger partial charge in [-0.2, -0.15) is 0 Å². The first-order chi connectivity index (χ1) is 28.6. The minimum Gasteiger partial charge on any atom is -0.462 e. The van der Waals surface area contributed by atoms with Gasteiger partial charge >= 0.3 is 11.9 Å². The first-order valence-electron chi connectivity index (χ1n) is 26.2. The normalized spacial score (nSPS) is 12.1. The van der Waals surface area contributed by atoms with E-state index in [2.05, 4.69) is 32.9 Å². The van der Waals surface area contributed by atoms with Crippen LogP contribution in [0.3, 0.4) is 0 Å². The van der Waals surface area contributed by atoms with Crippen molar-refractivity contribution >= 4 is 11.9 Å². The molecule has 0 aliphatic carbocycles. The van der Waals surface area contributed by atoms with Gasteiger partial charge in [-0.15, -0.1) is 0 Å². The summed E-state index contributed by atoms with van der Waals surface area (Å²) in [5, 5.41) is 0. The van der Waals surface area contributed by atoms with Crippen LogP contribution < -0.4 is 0 Å². The zero-order valence-corrected chi connectivity index (χ0v) is 39.6. The van der Waals surface area contributed by atoms with E-state index in [0.717, 1.165) is 44.9 Å². The fourth-order valence-electron chi connectivity index (χ4n) is 7.86. The van der Waals surface area contributed by atoms with Crippen LogP contribution in [0.5, 0.6) is 0 Å². The second-order valence-corrected chi connectivity index (χ2v) is 17.8. The molecule has 1 atom stereocenters. The summed E-state index contributed by atoms with van der Waals surface area (Å²) in [5.41, 5.74) is 0. The van der Waals surface area contributed by atoms with Crippen molar-refractivity contribution in [2.45, 2.75) is 297 Å². The Bertz CT molecular complexity index is 840. The summed E-state index contributed by atoms with van der Waals surface area (Å²) < 4.78 is 17.4. The highest BCUT2D eigenvalue weighted by Crippen LogP contribution is 2.16. The highest BCUT2D eigenvalue weighted by molar-refractivity contribution is 5.70. The average molecular weight is 819 g/mol. The van der Waals surface area contributed by atoms with Crippen LogP contribution in [0.15, 0.2) is 12.2 Å². The first-order valence-corrected chi connectivity index (χ1v) is 26.2. The van der Waals surface area contributed by atoms with Crippen LogP contribution in [0.25, 0.3) is 0 Å². The Hall–Kier alpha value is -1.36. The molecule has 0 heterocycles. The molecule has 0 aromatic rings. The number of rotatable bonds is 49. The number of esters is 2. The van der Waals surface area contributed by atoms with Crippen molar-refractivity contribution in [3.05, 3.63) is 12.2 Å². The topological polar surface area (TPSA) is 61.8 Å². The molecule has 0 unspecified atom stereocenters. The van der Waals surface area contributed by atoms with E-state index in [1.54, 1.807) is 0 Å². The maximum atomic E-state index is 12.8. The van der Waals surface area contributed by atoms with Gasteiger partial charge in [-0.3, -0.25) is 9.59 Å². The third kappa shape index (κ3) is 47.3. The van der Waals surface area contributed by atoms with Crippen molar-refractivity contribution in [1.29, 1.82) is 0 Å². The van der Waals surface area contributed by atoms with Gasteiger partial charge in [0.05, 0.1) is 6.61 Å². The molecule has 5 nitrogen and oxygen atoms in total. The number of hydrogen-bond donors (Lipinski definition) is 0. The number of allylic oxidation sites excluding steroid dienone is 2. The lowest BCUT2D eigenvalue weighted by Crippen LogP contribution is -2.30. The Morgan fingerprint density at radius 1 is 0.362 bits per heavy atom. The summed E-state index contributed by atoms with van der Waals surface area (Å²) in [6.45, 7) is 7.87. The molecule has 0 aliphatic rings. The monoisotopic (exact) mass is 819 g/mol. The number of unbranched alkanes of at least 4 members (excludes halogenated alkanes) is 36. The first kappa shape index (κ1) is 56.6. The molecule has 0 saturated heterocycles. The molecule has 0 saturated carbocycles. The van der Waals surface area contributed by atoms with Crippen molar-refractivity contribution in [2.24, 2.45) is 0 Å². The molecule has 58 heavy (non-hydrogen) atoms. The molecule has 0 spiro atoms. The number of ether oxygens (including phenoxy) is 3. The van der Waals surface area contributed by atoms with Crippen LogP contribution in [-0.2, 0) is 23.8 Å². The average Bonchev–Trinajstić information content (AvgIpc) is 3.22. The Morgan fingerprint density at radius 2 is 0.672 bits per heavy atom. The van der Waals surface area contributed by atoms with Gasteiger partial charge in [-0.1, -0.05) is 245 Å². The molecule has 5 heteroatoms. The van der Waals surface area contributed by atoms with Crippen molar-refractivity contribution < 1.29 is 23.8 Å². The summed E-state index contributed by atoms with van der Waals surface area (Å²) in [6, 6.07) is 0. The van der Waals surface area contributed by atoms with Gasteiger partial charge in [-0.25, -0.2) is 0 Å². The molecule has 0 bridgehead atoms. The SMILES string of the molecule is CCCCCC/C=C\CCCCCCCC(=O)OC[C@@H](COCCCCCCCCCCCCCCCCCC)OC(=O)CCCCCCCCCCCCCCC. The second-order valence-electron chi connectivity index (χ2n) is 17.8. The lowest BCUT2D eigenvalue weighted by atomic mass is 10.0. The van der Waals surface area contributed by atoms with Crippen LogP contribution in [0.1, 0.15) is 290 Å². The maximum absolute atomic E-state index is 12.8. The highest BCUT2D eigenvalue weighted by atomic mass is 16.6. The van der Waals surface area contributed by atoms with Crippen LogP contribution in [0, 0.1) is 0 Å². The maximum Gasteiger partial charge on any atom is 0.306 e. The Kier molecular flexibility index (Phi) is 48.8. The molecule has 0 N–H and O–H groups in total. The van der Waals surface area contributed by atoms with E-state index in [1.165, 1.54) is 212 Å². The van der Waals surface area contributed by atoms with E-state index in [9.17, 15) is 9.59 Å². The summed E-state index contributed by atoms with van der Waals surface area (Å²) in [6.07, 6.45) is 56.4. The molecule has 0 aromatic heterocycles. The molecule has 0 fully saturated rings. The Morgan fingerprint density at radius 3 is 1.07 bits per heavy atom. The molecule has 0 aliphatic heterocycles. The molecule has 0 amide bonds. The number of hydrogen-bond acceptors (Lipinski definition) is 5. The molecule has 0 rings (SSSR count). The highest BCUT2D eigenvalue weighted by Gasteiger charge is 2.17. The van der Waals surface area contributed by atoms with Crippen molar-refractivity contribution in [1.82, 2.24) is 0 Å². The minimum atomic E-state index is -0.529. The molecular formula is C53H102O5. The van der Waals surface area contributed by atoms with E-state index < -0.39 is 6.10 Å². The molecule has 344 valence electrons. The van der Waals surface area contributed by atoms with Gasteiger partial charge in [0.1, 0.15) is 6.61 Å². The predicted octanol–water partition coefficient (Wildman–Crippen LogP) is 17.5. The number of carbonyl (C=O) groups excluding carboxylic acids is 2. The Balaban J connectivity index is 4.20. The smallest absolute Gasteiger partial charge is 0.306 e. The molecular weight excluding hydrogens is 717 g/mol. The zero-order valence-electron chi connectivity index (χ0n) is 39.6. The second kappa shape index (κ2) is 50.0. The fourth-order valence-corrected chi connectivity index (χ4v) is 7.86. The molecule has 0 aromatic carbocycles. The molecule has 0 radical (unpaired) electrons. The Labute approximate surface area is 363 Å². The fraction of sp³-hybridized carbons (Fsp3) is 0.925. The van der Waals surface area contributed by atoms with Gasteiger partial charge in [0.2, 0.25) is 0 Å². The van der Waals surface area contributed by atoms with E-state index in [-0.39, 0.29) is 18.5 Å². The number of carbonyl (C=O) groups is 2. The summed E-state index contributed by atoms with van der Waals surface area (Å²) in [7, 11) is 0. The zero-order chi connectivity index (χ0) is 42.1. The summed E-state index contributed by atoms with van der Waals surface area (Å²) >= 11 is 0. The third-order valence-corrected chi connectivity index (χ3v) is 11.8. The standard InChI is InChI=1S/C53H102O5/c1-4-7-10-13-16-19-22-25-26-27-30-33-36-39-42-45-48-56-49-51(58-53(55)47-44-41-38-35-32-29-24-21-18-15-12-9-6-3)50-57-52(54)46-43-40-37-34-31-28-23-20-17-14-11-8-5-2/h20,23,51H,4-19,21-22,24-50H2,1-3H3/b23-20-/t51-/m1/s1. The van der Waals surface area contributed by atoms with Gasteiger partial charge in [0, 0.05) is 19.4 Å². The largest absolute Gasteiger partial charge is 0.462 e. The van der Waals surface area contributed by atoms with Gasteiger partial charge in [-0.05, 0) is 44.9 Å². The van der Waals surface area contributed by atoms with Gasteiger partial charge in [0.25, 0.3) is 0 Å². The summed E-state index contributed by atoms with van der Waals surface area (Å²) in [5.74, 6) is -0.386.